The summed E-state index contributed by atoms with van der Waals surface area (Å²) in [5.41, 5.74) is 1.40. The fourth-order valence-electron chi connectivity index (χ4n) is 4.44. The third-order valence-electron chi connectivity index (χ3n) is 6.05. The molecule has 2 heterocycles. The Morgan fingerprint density at radius 1 is 1.06 bits per heavy atom. The molecule has 31 heavy (non-hydrogen) atoms. The molecule has 8 heteroatoms. The van der Waals surface area contributed by atoms with Gasteiger partial charge in [0, 0.05) is 19.5 Å². The van der Waals surface area contributed by atoms with Crippen LogP contribution in [0.5, 0.6) is 11.5 Å². The van der Waals surface area contributed by atoms with Crippen LogP contribution >= 0.6 is 0 Å². The van der Waals surface area contributed by atoms with Gasteiger partial charge in [-0.25, -0.2) is 0 Å². The molecule has 2 atom stereocenters. The van der Waals surface area contributed by atoms with Crippen LogP contribution in [0, 0.1) is 5.92 Å². The van der Waals surface area contributed by atoms with E-state index < -0.39 is 6.36 Å². The molecule has 1 amide bonds. The maximum Gasteiger partial charge on any atom is 0.573 e. The van der Waals surface area contributed by atoms with Crippen molar-refractivity contribution in [1.29, 1.82) is 0 Å². The molecule has 2 aliphatic heterocycles. The molecule has 0 N–H and O–H groups in total. The number of alkyl halides is 3. The van der Waals surface area contributed by atoms with E-state index in [4.69, 9.17) is 4.74 Å². The number of hydrogen-bond donors (Lipinski definition) is 0. The Morgan fingerprint density at radius 2 is 1.81 bits per heavy atom. The summed E-state index contributed by atoms with van der Waals surface area (Å²) in [7, 11) is 0. The fourth-order valence-corrected chi connectivity index (χ4v) is 4.44. The van der Waals surface area contributed by atoms with Crippen molar-refractivity contribution in [3.63, 3.8) is 0 Å². The van der Waals surface area contributed by atoms with E-state index >= 15 is 0 Å². The van der Waals surface area contributed by atoms with Crippen LogP contribution in [0.25, 0.3) is 0 Å². The quantitative estimate of drug-likeness (QED) is 0.704. The van der Waals surface area contributed by atoms with Gasteiger partial charge in [0.1, 0.15) is 17.6 Å². The number of amides is 1. The van der Waals surface area contributed by atoms with Crippen LogP contribution < -0.4 is 14.4 Å². The number of halogens is 3. The van der Waals surface area contributed by atoms with Gasteiger partial charge in [0.15, 0.2) is 0 Å². The molecule has 1 aliphatic carbocycles. The first-order valence-corrected chi connectivity index (χ1v) is 10.5. The fraction of sp³-hybridized carbons (Fsp3) is 0.435. The van der Waals surface area contributed by atoms with Gasteiger partial charge in [0.2, 0.25) is 5.91 Å². The van der Waals surface area contributed by atoms with Crippen molar-refractivity contribution >= 4 is 11.6 Å². The summed E-state index contributed by atoms with van der Waals surface area (Å²) >= 11 is 0. The average Bonchev–Trinajstić information content (AvgIpc) is 3.44. The zero-order valence-electron chi connectivity index (χ0n) is 16.8. The number of ether oxygens (including phenoxy) is 2. The molecular weight excluding hydrogens is 409 g/mol. The predicted molar refractivity (Wildman–Crippen MR) is 108 cm³/mol. The molecule has 2 aromatic rings. The van der Waals surface area contributed by atoms with Crippen LogP contribution in [0.2, 0.25) is 0 Å². The minimum Gasteiger partial charge on any atom is -0.487 e. The summed E-state index contributed by atoms with van der Waals surface area (Å²) in [4.78, 5) is 17.6. The van der Waals surface area contributed by atoms with Crippen molar-refractivity contribution in [2.24, 2.45) is 5.92 Å². The van der Waals surface area contributed by atoms with Crippen molar-refractivity contribution < 1.29 is 27.4 Å². The summed E-state index contributed by atoms with van der Waals surface area (Å²) in [5.74, 6) is 1.04. The summed E-state index contributed by atoms with van der Waals surface area (Å²) < 4.78 is 47.5. The largest absolute Gasteiger partial charge is 0.573 e. The molecule has 2 fully saturated rings. The second kappa shape index (κ2) is 7.75. The van der Waals surface area contributed by atoms with E-state index in [-0.39, 0.29) is 30.3 Å². The number of carbonyl (C=O) groups is 1. The lowest BCUT2D eigenvalue weighted by atomic mass is 10.1. The van der Waals surface area contributed by atoms with Crippen molar-refractivity contribution in [3.8, 4) is 11.5 Å². The Labute approximate surface area is 178 Å². The van der Waals surface area contributed by atoms with E-state index in [1.807, 2.05) is 24.3 Å². The second-order valence-electron chi connectivity index (χ2n) is 8.47. The number of hydrogen-bond acceptors (Lipinski definition) is 4. The highest BCUT2D eigenvalue weighted by Crippen LogP contribution is 2.39. The average molecular weight is 432 g/mol. The highest BCUT2D eigenvalue weighted by molar-refractivity contribution is 5.99. The van der Waals surface area contributed by atoms with Gasteiger partial charge in [-0.3, -0.25) is 9.69 Å². The number of rotatable bonds is 5. The molecule has 1 saturated carbocycles. The monoisotopic (exact) mass is 432 g/mol. The maximum atomic E-state index is 13.6. The Morgan fingerprint density at radius 3 is 2.52 bits per heavy atom. The Bertz CT molecular complexity index is 959. The Balaban J connectivity index is 1.42. The zero-order valence-corrected chi connectivity index (χ0v) is 16.8. The lowest BCUT2D eigenvalue weighted by Crippen LogP contribution is -2.46. The van der Waals surface area contributed by atoms with Gasteiger partial charge >= 0.3 is 6.36 Å². The zero-order chi connectivity index (χ0) is 21.6. The van der Waals surface area contributed by atoms with Crippen LogP contribution in [-0.2, 0) is 11.3 Å². The molecule has 3 aliphatic rings. The van der Waals surface area contributed by atoms with Crippen molar-refractivity contribution in [3.05, 3.63) is 54.1 Å². The maximum absolute atomic E-state index is 13.6. The van der Waals surface area contributed by atoms with Crippen LogP contribution in [-0.4, -0.2) is 42.4 Å². The van der Waals surface area contributed by atoms with Gasteiger partial charge in [-0.2, -0.15) is 0 Å². The topological polar surface area (TPSA) is 42.0 Å². The van der Waals surface area contributed by atoms with Gasteiger partial charge in [0.05, 0.1) is 18.3 Å². The number of nitrogens with zero attached hydrogens (tertiary/aromatic N) is 2. The molecular formula is C23H23F3N2O3. The number of benzene rings is 2. The Hall–Kier alpha value is -2.74. The molecule has 0 radical (unpaired) electrons. The number of likely N-dealkylation sites (tertiary alicyclic amines) is 1. The van der Waals surface area contributed by atoms with E-state index in [2.05, 4.69) is 9.64 Å². The van der Waals surface area contributed by atoms with Gasteiger partial charge in [-0.15, -0.1) is 13.2 Å². The lowest BCUT2D eigenvalue weighted by molar-refractivity contribution is -0.274. The first kappa shape index (κ1) is 20.2. The van der Waals surface area contributed by atoms with E-state index in [0.717, 1.165) is 13.1 Å². The minimum absolute atomic E-state index is 0.00881. The van der Waals surface area contributed by atoms with Crippen molar-refractivity contribution in [1.82, 2.24) is 4.90 Å². The molecule has 0 spiro atoms. The normalized spacial score (nSPS) is 23.7. The van der Waals surface area contributed by atoms with E-state index in [1.165, 1.54) is 25.0 Å². The van der Waals surface area contributed by atoms with Gasteiger partial charge < -0.3 is 14.4 Å². The standard InChI is InChI=1S/C23H23F3N2O3/c24-23(25,26)31-17-9-7-16(8-10-17)13-28-19-3-1-2-4-21(19)30-18-11-20(22(28)29)27(14-18)12-15-5-6-15/h1-4,7-10,15,18,20H,5-6,11-14H2/t18-,20-/m0/s1. The highest BCUT2D eigenvalue weighted by atomic mass is 19.4. The third kappa shape index (κ3) is 4.49. The SMILES string of the molecule is O=C1[C@@H]2C[C@@H](CN2CC2CC2)Oc2ccccc2N1Cc1ccc(OC(F)(F)F)cc1. The first-order chi connectivity index (χ1) is 14.9. The summed E-state index contributed by atoms with van der Waals surface area (Å²) in [6.45, 7) is 1.88. The molecule has 0 unspecified atom stereocenters. The number of carbonyl (C=O) groups excluding carboxylic acids is 1. The number of fused-ring (bicyclic) bond motifs is 3. The second-order valence-corrected chi connectivity index (χ2v) is 8.47. The molecule has 2 aromatic carbocycles. The third-order valence-corrected chi connectivity index (χ3v) is 6.05. The van der Waals surface area contributed by atoms with Crippen LogP contribution in [0.3, 0.4) is 0 Å². The number of anilines is 1. The van der Waals surface area contributed by atoms with E-state index in [9.17, 15) is 18.0 Å². The summed E-state index contributed by atoms with van der Waals surface area (Å²) in [6, 6.07) is 12.8. The summed E-state index contributed by atoms with van der Waals surface area (Å²) in [6.07, 6.45) is -1.69. The summed E-state index contributed by atoms with van der Waals surface area (Å²) in [5, 5.41) is 0. The van der Waals surface area contributed by atoms with Crippen LogP contribution in [0.1, 0.15) is 24.8 Å². The molecule has 5 nitrogen and oxygen atoms in total. The van der Waals surface area contributed by atoms with Crippen molar-refractivity contribution in [2.45, 2.75) is 44.3 Å². The predicted octanol–water partition coefficient (Wildman–Crippen LogP) is 4.36. The lowest BCUT2D eigenvalue weighted by Gasteiger charge is -2.32. The minimum atomic E-state index is -4.74. The molecule has 164 valence electrons. The first-order valence-electron chi connectivity index (χ1n) is 10.5. The molecule has 5 rings (SSSR count). The van der Waals surface area contributed by atoms with Gasteiger partial charge in [-0.05, 0) is 48.6 Å². The molecule has 0 aromatic heterocycles. The van der Waals surface area contributed by atoms with Gasteiger partial charge in [0.25, 0.3) is 0 Å². The van der Waals surface area contributed by atoms with Crippen molar-refractivity contribution in [2.75, 3.05) is 18.0 Å². The highest BCUT2D eigenvalue weighted by Gasteiger charge is 2.44. The Kier molecular flexibility index (Phi) is 5.04. The van der Waals surface area contributed by atoms with E-state index in [1.54, 1.807) is 17.0 Å². The number of para-hydroxylation sites is 2. The molecule has 2 bridgehead atoms. The molecule has 1 saturated heterocycles. The van der Waals surface area contributed by atoms with E-state index in [0.29, 0.717) is 29.3 Å². The van der Waals surface area contributed by atoms with Crippen LogP contribution in [0.15, 0.2) is 48.5 Å². The smallest absolute Gasteiger partial charge is 0.487 e. The van der Waals surface area contributed by atoms with Crippen LogP contribution in [0.4, 0.5) is 18.9 Å². The van der Waals surface area contributed by atoms with Gasteiger partial charge in [-0.1, -0.05) is 24.3 Å².